The highest BCUT2D eigenvalue weighted by Gasteiger charge is 1.96. The Labute approximate surface area is 56.7 Å². The van der Waals surface area contributed by atoms with Crippen LogP contribution in [0.15, 0.2) is 12.5 Å². The molecule has 0 saturated carbocycles. The third-order valence-electron chi connectivity index (χ3n) is 1.30. The van der Waals surface area contributed by atoms with Crippen molar-refractivity contribution in [3.63, 3.8) is 0 Å². The van der Waals surface area contributed by atoms with Crippen LogP contribution >= 0.6 is 0 Å². The minimum absolute atomic E-state index is 0.729. The van der Waals surface area contributed by atoms with Gasteiger partial charge in [0.1, 0.15) is 12.2 Å². The first-order chi connectivity index (χ1) is 4.88. The van der Waals surface area contributed by atoms with E-state index in [1.54, 1.807) is 16.9 Å². The molecule has 0 aliphatic heterocycles. The lowest BCUT2D eigenvalue weighted by Gasteiger charge is -1.87. The van der Waals surface area contributed by atoms with Crippen LogP contribution in [0.1, 0.15) is 5.82 Å². The molecule has 0 spiro atoms. The van der Waals surface area contributed by atoms with Crippen LogP contribution in [0.2, 0.25) is 0 Å². The molecule has 5 nitrogen and oxygen atoms in total. The van der Waals surface area contributed by atoms with E-state index in [-0.39, 0.29) is 0 Å². The molecular formula is C5H5N5. The molecule has 10 heavy (non-hydrogen) atoms. The summed E-state index contributed by atoms with van der Waals surface area (Å²) in [6.07, 6.45) is 3.16. The molecular weight excluding hydrogens is 130 g/mol. The van der Waals surface area contributed by atoms with Gasteiger partial charge in [0, 0.05) is 0 Å². The average molecular weight is 135 g/mol. The summed E-state index contributed by atoms with van der Waals surface area (Å²) in [6.45, 7) is 1.86. The zero-order valence-electron chi connectivity index (χ0n) is 5.39. The van der Waals surface area contributed by atoms with E-state index in [1.165, 1.54) is 0 Å². The second-order valence-electron chi connectivity index (χ2n) is 1.95. The Morgan fingerprint density at radius 2 is 2.20 bits per heavy atom. The van der Waals surface area contributed by atoms with Crippen LogP contribution in [0, 0.1) is 6.92 Å². The van der Waals surface area contributed by atoms with E-state index >= 15 is 0 Å². The summed E-state index contributed by atoms with van der Waals surface area (Å²) >= 11 is 0. The molecule has 0 N–H and O–H groups in total. The lowest BCUT2D eigenvalue weighted by Crippen LogP contribution is -1.90. The van der Waals surface area contributed by atoms with E-state index in [1.807, 2.05) is 6.92 Å². The molecule has 2 rings (SSSR count). The van der Waals surface area contributed by atoms with Crippen LogP contribution in [0.3, 0.4) is 0 Å². The Morgan fingerprint density at radius 1 is 1.30 bits per heavy atom. The van der Waals surface area contributed by atoms with E-state index in [0.717, 1.165) is 11.5 Å². The first kappa shape index (κ1) is 5.28. The molecule has 0 aliphatic carbocycles. The summed E-state index contributed by atoms with van der Waals surface area (Å²) in [4.78, 5) is 0. The van der Waals surface area contributed by atoms with Gasteiger partial charge < -0.3 is 0 Å². The molecule has 0 aliphatic rings. The van der Waals surface area contributed by atoms with E-state index in [4.69, 9.17) is 0 Å². The fourth-order valence-corrected chi connectivity index (χ4v) is 0.783. The van der Waals surface area contributed by atoms with Gasteiger partial charge in [0.15, 0.2) is 5.65 Å². The Hall–Kier alpha value is -1.52. The largest absolute Gasteiger partial charge is 0.267 e. The molecule has 50 valence electrons. The first-order valence-electron chi connectivity index (χ1n) is 2.86. The van der Waals surface area contributed by atoms with Gasteiger partial charge in [-0.05, 0) is 6.92 Å². The predicted octanol–water partition coefficient (Wildman–Crippen LogP) is -0.172. The number of nitrogens with zero attached hydrogens (tertiary/aromatic N) is 5. The molecule has 0 fully saturated rings. The van der Waals surface area contributed by atoms with Crippen LogP contribution in [0.5, 0.6) is 0 Å². The average Bonchev–Trinajstić information content (AvgIpc) is 2.34. The number of hydrogen-bond donors (Lipinski definition) is 0. The topological polar surface area (TPSA) is 56.0 Å². The maximum absolute atomic E-state index is 3.83. The molecule has 0 unspecified atom stereocenters. The summed E-state index contributed by atoms with van der Waals surface area (Å²) < 4.78 is 1.77. The normalized spacial score (nSPS) is 10.5. The molecule has 0 saturated heterocycles. The minimum Gasteiger partial charge on any atom is -0.267 e. The second kappa shape index (κ2) is 1.73. The Morgan fingerprint density at radius 3 is 3.00 bits per heavy atom. The van der Waals surface area contributed by atoms with Crippen molar-refractivity contribution in [1.29, 1.82) is 0 Å². The highest BCUT2D eigenvalue weighted by atomic mass is 15.3. The summed E-state index contributed by atoms with van der Waals surface area (Å²) in [5.41, 5.74) is 0.729. The van der Waals surface area contributed by atoms with Gasteiger partial charge in [-0.15, -0.1) is 15.3 Å². The Balaban J connectivity index is 2.93. The summed E-state index contributed by atoms with van der Waals surface area (Å²) in [5.74, 6) is 0.824. The number of hydrogen-bond acceptors (Lipinski definition) is 4. The van der Waals surface area contributed by atoms with Gasteiger partial charge in [-0.2, -0.15) is 5.10 Å². The standard InChI is InChI=1S/C5H5N5/c1-4-8-9-5-2-6-7-3-10(4)5/h2-3H,1H3. The lowest BCUT2D eigenvalue weighted by molar-refractivity contribution is 0.917. The highest BCUT2D eigenvalue weighted by Crippen LogP contribution is 1.95. The summed E-state index contributed by atoms with van der Waals surface area (Å²) in [6, 6.07) is 0. The molecule has 0 amide bonds. The van der Waals surface area contributed by atoms with E-state index in [2.05, 4.69) is 20.4 Å². The molecule has 0 radical (unpaired) electrons. The van der Waals surface area contributed by atoms with Crippen molar-refractivity contribution in [2.45, 2.75) is 6.92 Å². The Bertz CT molecular complexity index is 352. The van der Waals surface area contributed by atoms with Crippen LogP contribution < -0.4 is 0 Å². The fraction of sp³-hybridized carbons (Fsp3) is 0.200. The zero-order valence-corrected chi connectivity index (χ0v) is 5.39. The predicted molar refractivity (Wildman–Crippen MR) is 33.3 cm³/mol. The van der Waals surface area contributed by atoms with Crippen molar-refractivity contribution >= 4 is 5.65 Å². The quantitative estimate of drug-likeness (QED) is 0.503. The van der Waals surface area contributed by atoms with Gasteiger partial charge >= 0.3 is 0 Å². The third kappa shape index (κ3) is 0.570. The van der Waals surface area contributed by atoms with Crippen LogP contribution in [-0.4, -0.2) is 24.8 Å². The van der Waals surface area contributed by atoms with Crippen LogP contribution in [0.25, 0.3) is 5.65 Å². The molecule has 5 heteroatoms. The van der Waals surface area contributed by atoms with Crippen LogP contribution in [-0.2, 0) is 0 Å². The van der Waals surface area contributed by atoms with E-state index in [0.29, 0.717) is 0 Å². The number of rotatable bonds is 0. The van der Waals surface area contributed by atoms with Gasteiger partial charge in [-0.25, -0.2) is 0 Å². The van der Waals surface area contributed by atoms with Crippen molar-refractivity contribution in [3.8, 4) is 0 Å². The second-order valence-corrected chi connectivity index (χ2v) is 1.95. The maximum atomic E-state index is 3.83. The monoisotopic (exact) mass is 135 g/mol. The third-order valence-corrected chi connectivity index (χ3v) is 1.30. The van der Waals surface area contributed by atoms with Crippen molar-refractivity contribution in [1.82, 2.24) is 24.8 Å². The molecule has 2 aromatic rings. The van der Waals surface area contributed by atoms with Gasteiger partial charge in [0.2, 0.25) is 0 Å². The molecule has 0 bridgehead atoms. The molecule has 0 aromatic carbocycles. The summed E-state index contributed by atoms with van der Waals surface area (Å²) in [5, 5.41) is 15.0. The zero-order chi connectivity index (χ0) is 6.97. The van der Waals surface area contributed by atoms with Crippen molar-refractivity contribution in [2.75, 3.05) is 0 Å². The fourth-order valence-electron chi connectivity index (χ4n) is 0.783. The minimum atomic E-state index is 0.729. The first-order valence-corrected chi connectivity index (χ1v) is 2.86. The lowest BCUT2D eigenvalue weighted by atomic mass is 10.7. The smallest absolute Gasteiger partial charge is 0.182 e. The highest BCUT2D eigenvalue weighted by molar-refractivity contribution is 5.32. The van der Waals surface area contributed by atoms with Crippen molar-refractivity contribution < 1.29 is 0 Å². The number of aryl methyl sites for hydroxylation is 1. The Kier molecular flexibility index (Phi) is 0.913. The number of aromatic nitrogens is 5. The van der Waals surface area contributed by atoms with Gasteiger partial charge in [0.05, 0.1) is 6.20 Å². The van der Waals surface area contributed by atoms with E-state index < -0.39 is 0 Å². The van der Waals surface area contributed by atoms with Gasteiger partial charge in [-0.3, -0.25) is 4.40 Å². The van der Waals surface area contributed by atoms with Crippen molar-refractivity contribution in [2.24, 2.45) is 0 Å². The SMILES string of the molecule is Cc1nnc2cnncn12. The van der Waals surface area contributed by atoms with Gasteiger partial charge in [-0.1, -0.05) is 0 Å². The van der Waals surface area contributed by atoms with E-state index in [9.17, 15) is 0 Å². The molecule has 2 heterocycles. The number of fused-ring (bicyclic) bond motifs is 1. The summed E-state index contributed by atoms with van der Waals surface area (Å²) in [7, 11) is 0. The molecule has 0 atom stereocenters. The molecule has 2 aromatic heterocycles. The maximum Gasteiger partial charge on any atom is 0.182 e. The van der Waals surface area contributed by atoms with Gasteiger partial charge in [0.25, 0.3) is 0 Å². The van der Waals surface area contributed by atoms with Crippen LogP contribution in [0.4, 0.5) is 0 Å². The van der Waals surface area contributed by atoms with Crippen molar-refractivity contribution in [3.05, 3.63) is 18.3 Å².